The quantitative estimate of drug-likeness (QED) is 0.536. The number of benzene rings is 1. The van der Waals surface area contributed by atoms with Crippen molar-refractivity contribution >= 4 is 17.5 Å². The molecule has 1 aromatic rings. The van der Waals surface area contributed by atoms with Crippen molar-refractivity contribution < 1.29 is 19.1 Å². The molecule has 0 aliphatic carbocycles. The summed E-state index contributed by atoms with van der Waals surface area (Å²) in [7, 11) is 3.34. The first kappa shape index (κ1) is 23.3. The van der Waals surface area contributed by atoms with E-state index in [1.807, 2.05) is 26.0 Å². The number of nitrogens with zero attached hydrogens (tertiary/aromatic N) is 1. The average Bonchev–Trinajstić information content (AvgIpc) is 2.76. The first-order valence-electron chi connectivity index (χ1n) is 10.6. The second kappa shape index (κ2) is 11.9. The summed E-state index contributed by atoms with van der Waals surface area (Å²) in [6.45, 7) is 6.86. The number of nitrogens with one attached hydrogen (secondary N) is 2. The molecule has 1 aromatic carbocycles. The van der Waals surface area contributed by atoms with E-state index in [9.17, 15) is 9.59 Å². The minimum atomic E-state index is -0.341. The maximum absolute atomic E-state index is 11.9. The van der Waals surface area contributed by atoms with Crippen LogP contribution < -0.4 is 10.6 Å². The molecule has 7 heteroatoms. The minimum absolute atomic E-state index is 0.167. The molecule has 3 rings (SSSR count). The molecule has 1 atom stereocenters. The van der Waals surface area contributed by atoms with Crippen molar-refractivity contribution in [3.05, 3.63) is 29.8 Å². The second-order valence-electron chi connectivity index (χ2n) is 7.25. The molecular formula is C22H35N3O4. The van der Waals surface area contributed by atoms with E-state index in [0.717, 1.165) is 38.2 Å². The summed E-state index contributed by atoms with van der Waals surface area (Å²) >= 11 is 0. The van der Waals surface area contributed by atoms with Crippen LogP contribution in [0, 0.1) is 0 Å². The van der Waals surface area contributed by atoms with Crippen molar-refractivity contribution in [3.63, 3.8) is 0 Å². The molecule has 2 heterocycles. The molecule has 0 saturated carbocycles. The highest BCUT2D eigenvalue weighted by Gasteiger charge is 2.26. The van der Waals surface area contributed by atoms with Gasteiger partial charge < -0.3 is 14.8 Å². The van der Waals surface area contributed by atoms with Crippen molar-refractivity contribution in [1.82, 2.24) is 10.2 Å². The van der Waals surface area contributed by atoms with Crippen LogP contribution in [0.15, 0.2) is 24.3 Å². The Bertz CT molecular complexity index is 638. The van der Waals surface area contributed by atoms with E-state index >= 15 is 0 Å². The van der Waals surface area contributed by atoms with E-state index in [1.54, 1.807) is 14.2 Å². The van der Waals surface area contributed by atoms with Crippen LogP contribution in [-0.4, -0.2) is 62.9 Å². The van der Waals surface area contributed by atoms with Gasteiger partial charge in [0.05, 0.1) is 0 Å². The molecular weight excluding hydrogens is 370 g/mol. The number of rotatable bonds is 7. The van der Waals surface area contributed by atoms with Gasteiger partial charge in [-0.05, 0) is 56.0 Å². The van der Waals surface area contributed by atoms with Crippen LogP contribution in [0.2, 0.25) is 0 Å². The fourth-order valence-electron chi connectivity index (χ4n) is 3.79. The van der Waals surface area contributed by atoms with Crippen LogP contribution in [0.4, 0.5) is 5.69 Å². The third kappa shape index (κ3) is 6.80. The van der Waals surface area contributed by atoms with Gasteiger partial charge in [-0.2, -0.15) is 0 Å². The van der Waals surface area contributed by atoms with Gasteiger partial charge in [0.1, 0.15) is 6.04 Å². The third-order valence-electron chi connectivity index (χ3n) is 5.48. The molecule has 0 spiro atoms. The fourth-order valence-corrected chi connectivity index (χ4v) is 3.79. The molecule has 162 valence electrons. The number of hydrogen-bond donors (Lipinski definition) is 2. The summed E-state index contributed by atoms with van der Waals surface area (Å²) in [4.78, 5) is 25.5. The molecule has 7 nitrogen and oxygen atoms in total. The SMILES string of the molecule is CC.COC(CN1CCC(c2ccc(NC3CCC(=O)NC3=O)cc2)CC1)OC. The normalized spacial score (nSPS) is 20.8. The number of piperidine rings is 2. The number of amides is 2. The summed E-state index contributed by atoms with van der Waals surface area (Å²) in [6, 6.07) is 7.99. The zero-order valence-electron chi connectivity index (χ0n) is 18.1. The Morgan fingerprint density at radius 1 is 1.07 bits per heavy atom. The number of methoxy groups -OCH3 is 2. The van der Waals surface area contributed by atoms with Gasteiger partial charge in [-0.15, -0.1) is 0 Å². The fraction of sp³-hybridized carbons (Fsp3) is 0.636. The highest BCUT2D eigenvalue weighted by Crippen LogP contribution is 2.29. The molecule has 0 bridgehead atoms. The van der Waals surface area contributed by atoms with E-state index in [1.165, 1.54) is 5.56 Å². The zero-order valence-corrected chi connectivity index (χ0v) is 18.1. The Hall–Kier alpha value is -1.96. The molecule has 2 aliphatic rings. The number of carbonyl (C=O) groups excluding carboxylic acids is 2. The van der Waals surface area contributed by atoms with Gasteiger partial charge in [-0.25, -0.2) is 0 Å². The van der Waals surface area contributed by atoms with Gasteiger partial charge in [-0.3, -0.25) is 19.8 Å². The zero-order chi connectivity index (χ0) is 21.2. The molecule has 2 saturated heterocycles. The predicted molar refractivity (Wildman–Crippen MR) is 114 cm³/mol. The van der Waals surface area contributed by atoms with Crippen LogP contribution in [0.5, 0.6) is 0 Å². The molecule has 2 aliphatic heterocycles. The summed E-state index contributed by atoms with van der Waals surface area (Å²) in [5.41, 5.74) is 2.24. The lowest BCUT2D eigenvalue weighted by molar-refractivity contribution is -0.133. The van der Waals surface area contributed by atoms with Crippen LogP contribution in [0.3, 0.4) is 0 Å². The van der Waals surface area contributed by atoms with Gasteiger partial charge in [-0.1, -0.05) is 26.0 Å². The maximum Gasteiger partial charge on any atom is 0.249 e. The molecule has 1 unspecified atom stereocenters. The molecule has 2 amide bonds. The van der Waals surface area contributed by atoms with Crippen molar-refractivity contribution in [2.75, 3.05) is 39.2 Å². The van der Waals surface area contributed by atoms with Crippen molar-refractivity contribution in [2.24, 2.45) is 0 Å². The van der Waals surface area contributed by atoms with Crippen molar-refractivity contribution in [1.29, 1.82) is 0 Å². The molecule has 0 aromatic heterocycles. The number of imide groups is 1. The third-order valence-corrected chi connectivity index (χ3v) is 5.48. The summed E-state index contributed by atoms with van der Waals surface area (Å²) < 4.78 is 10.6. The topological polar surface area (TPSA) is 79.9 Å². The standard InChI is InChI=1S/C20H29N3O4.C2H6/c1-26-19(27-2)13-23-11-9-15(10-12-23)14-3-5-16(6-4-14)21-17-7-8-18(24)22-20(17)25;1-2/h3-6,15,17,19,21H,7-13H2,1-2H3,(H,22,24,25);1-2H3. The van der Waals surface area contributed by atoms with Gasteiger partial charge in [0.25, 0.3) is 0 Å². The molecule has 2 fully saturated rings. The van der Waals surface area contributed by atoms with Crippen LogP contribution >= 0.6 is 0 Å². The summed E-state index contributed by atoms with van der Waals surface area (Å²) in [5, 5.41) is 5.60. The van der Waals surface area contributed by atoms with E-state index in [4.69, 9.17) is 9.47 Å². The summed E-state index contributed by atoms with van der Waals surface area (Å²) in [6.07, 6.45) is 2.97. The number of anilines is 1. The van der Waals surface area contributed by atoms with Crippen molar-refractivity contribution in [2.45, 2.75) is 57.8 Å². The maximum atomic E-state index is 11.9. The van der Waals surface area contributed by atoms with E-state index < -0.39 is 0 Å². The lowest BCUT2D eigenvalue weighted by Crippen LogP contribution is -2.47. The average molecular weight is 406 g/mol. The number of hydrogen-bond acceptors (Lipinski definition) is 6. The smallest absolute Gasteiger partial charge is 0.249 e. The van der Waals surface area contributed by atoms with Gasteiger partial charge in [0.15, 0.2) is 6.29 Å². The van der Waals surface area contributed by atoms with Crippen LogP contribution in [0.25, 0.3) is 0 Å². The van der Waals surface area contributed by atoms with Gasteiger partial charge >= 0.3 is 0 Å². The van der Waals surface area contributed by atoms with Crippen molar-refractivity contribution in [3.8, 4) is 0 Å². The first-order chi connectivity index (χ1) is 14.1. The Labute approximate surface area is 174 Å². The Kier molecular flexibility index (Phi) is 9.57. The van der Waals surface area contributed by atoms with E-state index in [2.05, 4.69) is 27.7 Å². The van der Waals surface area contributed by atoms with Gasteiger partial charge in [0, 0.05) is 32.9 Å². The van der Waals surface area contributed by atoms with E-state index in [-0.39, 0.29) is 24.1 Å². The molecule has 2 N–H and O–H groups in total. The van der Waals surface area contributed by atoms with Crippen LogP contribution in [0.1, 0.15) is 51.0 Å². The Morgan fingerprint density at radius 3 is 2.24 bits per heavy atom. The first-order valence-corrected chi connectivity index (χ1v) is 10.6. The lowest BCUT2D eigenvalue weighted by atomic mass is 9.89. The number of ether oxygens (including phenoxy) is 2. The highest BCUT2D eigenvalue weighted by atomic mass is 16.7. The monoisotopic (exact) mass is 405 g/mol. The number of carbonyl (C=O) groups is 2. The molecule has 0 radical (unpaired) electrons. The molecule has 29 heavy (non-hydrogen) atoms. The van der Waals surface area contributed by atoms with Gasteiger partial charge in [0.2, 0.25) is 11.8 Å². The second-order valence-corrected chi connectivity index (χ2v) is 7.25. The summed E-state index contributed by atoms with van der Waals surface area (Å²) in [5.74, 6) is 0.115. The van der Waals surface area contributed by atoms with E-state index in [0.29, 0.717) is 18.8 Å². The largest absolute Gasteiger partial charge is 0.374 e. The highest BCUT2D eigenvalue weighted by molar-refractivity contribution is 6.01. The van der Waals surface area contributed by atoms with Crippen LogP contribution in [-0.2, 0) is 19.1 Å². The number of likely N-dealkylation sites (tertiary alicyclic amines) is 1. The minimum Gasteiger partial charge on any atom is -0.374 e. The predicted octanol–water partition coefficient (Wildman–Crippen LogP) is 2.73. The Balaban J connectivity index is 0.00000145. The Morgan fingerprint density at radius 2 is 1.69 bits per heavy atom. The lowest BCUT2D eigenvalue weighted by Gasteiger charge is -2.33.